The lowest BCUT2D eigenvalue weighted by molar-refractivity contribution is -0.137. The number of hydrogen-bond acceptors (Lipinski definition) is 3. The largest absolute Gasteiger partial charge is 0.417 e. The first-order valence-corrected chi connectivity index (χ1v) is 5.34. The number of rotatable bonds is 4. The van der Waals surface area contributed by atoms with E-state index in [9.17, 15) is 13.2 Å². The lowest BCUT2D eigenvalue weighted by Crippen LogP contribution is -2.15. The Bertz CT molecular complexity index is 452. The van der Waals surface area contributed by atoms with Gasteiger partial charge in [0.1, 0.15) is 0 Å². The van der Waals surface area contributed by atoms with Crippen molar-refractivity contribution in [3.05, 3.63) is 29.3 Å². The molecule has 98 valence electrons. The predicted octanol–water partition coefficient (Wildman–Crippen LogP) is 2.62. The van der Waals surface area contributed by atoms with Gasteiger partial charge in [-0.3, -0.25) is 0 Å². The molecule has 1 atom stereocenters. The molecular formula is C12H13F3N2O. The van der Waals surface area contributed by atoms with E-state index < -0.39 is 17.3 Å². The Hall–Kier alpha value is -1.74. The zero-order valence-corrected chi connectivity index (χ0v) is 9.75. The smallest absolute Gasteiger partial charge is 0.396 e. The molecular weight excluding hydrogens is 245 g/mol. The van der Waals surface area contributed by atoms with Crippen molar-refractivity contribution in [3.63, 3.8) is 0 Å². The van der Waals surface area contributed by atoms with E-state index in [1.807, 2.05) is 0 Å². The van der Waals surface area contributed by atoms with E-state index in [4.69, 9.17) is 10.4 Å². The number of alkyl halides is 3. The molecule has 2 N–H and O–H groups in total. The van der Waals surface area contributed by atoms with Crippen LogP contribution in [-0.2, 0) is 6.18 Å². The van der Waals surface area contributed by atoms with E-state index in [1.165, 1.54) is 12.1 Å². The maximum absolute atomic E-state index is 12.7. The van der Waals surface area contributed by atoms with Gasteiger partial charge in [0.25, 0.3) is 0 Å². The molecule has 0 saturated carbocycles. The van der Waals surface area contributed by atoms with Gasteiger partial charge in [0, 0.05) is 18.8 Å². The number of aliphatic hydroxyl groups is 1. The maximum atomic E-state index is 12.7. The number of halogens is 3. The summed E-state index contributed by atoms with van der Waals surface area (Å²) in [7, 11) is 0. The number of nitrogens with zero attached hydrogens (tertiary/aromatic N) is 1. The summed E-state index contributed by atoms with van der Waals surface area (Å²) in [5, 5.41) is 20.2. The molecule has 0 amide bonds. The fourth-order valence-corrected chi connectivity index (χ4v) is 1.34. The Kier molecular flexibility index (Phi) is 4.56. The van der Waals surface area contributed by atoms with Gasteiger partial charge in [-0.05, 0) is 24.1 Å². The molecule has 0 aliphatic carbocycles. The van der Waals surface area contributed by atoms with Crippen LogP contribution in [0.1, 0.15) is 18.1 Å². The molecule has 0 aliphatic heterocycles. The van der Waals surface area contributed by atoms with E-state index in [1.54, 1.807) is 6.92 Å². The highest BCUT2D eigenvalue weighted by atomic mass is 19.4. The average Bonchev–Trinajstić information content (AvgIpc) is 2.34. The van der Waals surface area contributed by atoms with Gasteiger partial charge in [0.05, 0.1) is 17.2 Å². The molecule has 0 heterocycles. The summed E-state index contributed by atoms with van der Waals surface area (Å²) in [5.41, 5.74) is -1.07. The van der Waals surface area contributed by atoms with Gasteiger partial charge in [-0.1, -0.05) is 6.92 Å². The number of anilines is 1. The molecule has 0 fully saturated rings. The fourth-order valence-electron chi connectivity index (χ4n) is 1.34. The average molecular weight is 258 g/mol. The second-order valence-corrected chi connectivity index (χ2v) is 4.04. The zero-order chi connectivity index (χ0) is 13.8. The van der Waals surface area contributed by atoms with Crippen molar-refractivity contribution in [1.29, 1.82) is 5.26 Å². The number of hydrogen-bond donors (Lipinski definition) is 2. The molecule has 0 radical (unpaired) electrons. The van der Waals surface area contributed by atoms with Crippen molar-refractivity contribution in [3.8, 4) is 6.07 Å². The summed E-state index contributed by atoms with van der Waals surface area (Å²) in [4.78, 5) is 0. The van der Waals surface area contributed by atoms with Gasteiger partial charge in [0.2, 0.25) is 0 Å². The predicted molar refractivity (Wildman–Crippen MR) is 60.9 cm³/mol. The molecule has 0 spiro atoms. The summed E-state index contributed by atoms with van der Waals surface area (Å²) < 4.78 is 38.0. The molecule has 18 heavy (non-hydrogen) atoms. The topological polar surface area (TPSA) is 56.0 Å². The molecule has 1 aromatic carbocycles. The van der Waals surface area contributed by atoms with E-state index in [2.05, 4.69) is 5.32 Å². The Morgan fingerprint density at radius 2 is 2.11 bits per heavy atom. The summed E-state index contributed by atoms with van der Waals surface area (Å²) in [6.45, 7) is 2.08. The van der Waals surface area contributed by atoms with E-state index in [0.717, 1.165) is 12.1 Å². The molecule has 3 nitrogen and oxygen atoms in total. The summed E-state index contributed by atoms with van der Waals surface area (Å²) in [6, 6.07) is 4.97. The van der Waals surface area contributed by atoms with Crippen LogP contribution in [0.15, 0.2) is 18.2 Å². The first-order chi connectivity index (χ1) is 8.38. The van der Waals surface area contributed by atoms with Crippen LogP contribution < -0.4 is 5.32 Å². The minimum absolute atomic E-state index is 0.0462. The maximum Gasteiger partial charge on any atom is 0.417 e. The van der Waals surface area contributed by atoms with Crippen molar-refractivity contribution < 1.29 is 18.3 Å². The third-order valence-corrected chi connectivity index (χ3v) is 2.41. The van der Waals surface area contributed by atoms with Crippen molar-refractivity contribution in [2.45, 2.75) is 13.1 Å². The molecule has 6 heteroatoms. The SMILES string of the molecule is CC(CO)CNc1ccc(C#N)c(C(F)(F)F)c1. The number of nitrogens with one attached hydrogen (secondary N) is 1. The van der Waals surface area contributed by atoms with Crippen LogP contribution in [0.4, 0.5) is 18.9 Å². The molecule has 0 saturated heterocycles. The number of aliphatic hydroxyl groups excluding tert-OH is 1. The number of nitriles is 1. The van der Waals surface area contributed by atoms with Crippen LogP contribution in [0, 0.1) is 17.2 Å². The highest BCUT2D eigenvalue weighted by Gasteiger charge is 2.33. The lowest BCUT2D eigenvalue weighted by Gasteiger charge is -2.14. The molecule has 0 aliphatic rings. The van der Waals surface area contributed by atoms with Crippen molar-refractivity contribution in [2.75, 3.05) is 18.5 Å². The van der Waals surface area contributed by atoms with Gasteiger partial charge in [-0.15, -0.1) is 0 Å². The quantitative estimate of drug-likeness (QED) is 0.872. The summed E-state index contributed by atoms with van der Waals surface area (Å²) in [5.74, 6) is -0.0602. The Balaban J connectivity index is 2.94. The Labute approximate surface area is 103 Å². The third-order valence-electron chi connectivity index (χ3n) is 2.41. The zero-order valence-electron chi connectivity index (χ0n) is 9.75. The molecule has 0 aromatic heterocycles. The van der Waals surface area contributed by atoms with Gasteiger partial charge in [-0.2, -0.15) is 18.4 Å². The summed E-state index contributed by atoms with van der Waals surface area (Å²) >= 11 is 0. The lowest BCUT2D eigenvalue weighted by atomic mass is 10.1. The molecule has 1 aromatic rings. The minimum atomic E-state index is -4.55. The fraction of sp³-hybridized carbons (Fsp3) is 0.417. The normalized spacial score (nSPS) is 12.9. The van der Waals surface area contributed by atoms with E-state index in [0.29, 0.717) is 6.54 Å². The van der Waals surface area contributed by atoms with Gasteiger partial charge in [-0.25, -0.2) is 0 Å². The van der Waals surface area contributed by atoms with Gasteiger partial charge >= 0.3 is 6.18 Å². The van der Waals surface area contributed by atoms with Crippen LogP contribution in [-0.4, -0.2) is 18.3 Å². The highest BCUT2D eigenvalue weighted by Crippen LogP contribution is 2.33. The van der Waals surface area contributed by atoms with Gasteiger partial charge in [0.15, 0.2) is 0 Å². The van der Waals surface area contributed by atoms with Crippen LogP contribution in [0.3, 0.4) is 0 Å². The van der Waals surface area contributed by atoms with E-state index in [-0.39, 0.29) is 18.2 Å². The second kappa shape index (κ2) is 5.74. The van der Waals surface area contributed by atoms with Crippen LogP contribution >= 0.6 is 0 Å². The van der Waals surface area contributed by atoms with Gasteiger partial charge < -0.3 is 10.4 Å². The highest BCUT2D eigenvalue weighted by molar-refractivity contribution is 5.53. The van der Waals surface area contributed by atoms with Crippen molar-refractivity contribution >= 4 is 5.69 Å². The standard InChI is InChI=1S/C12H13F3N2O/c1-8(7-18)6-17-10-3-2-9(5-16)11(4-10)12(13,14)15/h2-4,8,17-18H,6-7H2,1H3. The first kappa shape index (κ1) is 14.3. The van der Waals surface area contributed by atoms with Crippen molar-refractivity contribution in [1.82, 2.24) is 0 Å². The van der Waals surface area contributed by atoms with Crippen LogP contribution in [0.25, 0.3) is 0 Å². The first-order valence-electron chi connectivity index (χ1n) is 5.34. The second-order valence-electron chi connectivity index (χ2n) is 4.04. The molecule has 0 bridgehead atoms. The van der Waals surface area contributed by atoms with Crippen LogP contribution in [0.2, 0.25) is 0 Å². The van der Waals surface area contributed by atoms with E-state index >= 15 is 0 Å². The Morgan fingerprint density at radius 1 is 1.44 bits per heavy atom. The summed E-state index contributed by atoms with van der Waals surface area (Å²) in [6.07, 6.45) is -4.55. The molecule has 1 unspecified atom stereocenters. The third kappa shape index (κ3) is 3.64. The molecule has 1 rings (SSSR count). The van der Waals surface area contributed by atoms with Crippen molar-refractivity contribution in [2.24, 2.45) is 5.92 Å². The van der Waals surface area contributed by atoms with Crippen LogP contribution in [0.5, 0.6) is 0 Å². The monoisotopic (exact) mass is 258 g/mol. The minimum Gasteiger partial charge on any atom is -0.396 e. The Morgan fingerprint density at radius 3 is 2.61 bits per heavy atom. The number of benzene rings is 1.